The van der Waals surface area contributed by atoms with Crippen LogP contribution in [-0.2, 0) is 4.79 Å². The lowest BCUT2D eigenvalue weighted by Gasteiger charge is -2.29. The third-order valence-electron chi connectivity index (χ3n) is 3.23. The molecule has 1 saturated heterocycles. The number of hydrogen-bond acceptors (Lipinski definition) is 4. The van der Waals surface area contributed by atoms with Gasteiger partial charge in [0.05, 0.1) is 11.4 Å². The lowest BCUT2D eigenvalue weighted by molar-refractivity contribution is -0.120. The zero-order valence-corrected chi connectivity index (χ0v) is 11.6. The maximum Gasteiger partial charge on any atom is 0.232 e. The summed E-state index contributed by atoms with van der Waals surface area (Å²) in [6.45, 7) is 5.65. The summed E-state index contributed by atoms with van der Waals surface area (Å²) in [6, 6.07) is 0. The van der Waals surface area contributed by atoms with Gasteiger partial charge in [-0.15, -0.1) is 0 Å². The van der Waals surface area contributed by atoms with E-state index in [1.54, 1.807) is 11.8 Å². The van der Waals surface area contributed by atoms with Crippen molar-refractivity contribution in [1.82, 2.24) is 10.2 Å². The van der Waals surface area contributed by atoms with Gasteiger partial charge in [-0.1, -0.05) is 0 Å². The predicted molar refractivity (Wildman–Crippen MR) is 72.3 cm³/mol. The fourth-order valence-corrected chi connectivity index (χ4v) is 2.21. The fraction of sp³-hybridized carbons (Fsp3) is 0.917. The normalized spacial score (nSPS) is 20.2. The van der Waals surface area contributed by atoms with Crippen LogP contribution in [0.15, 0.2) is 0 Å². The van der Waals surface area contributed by atoms with Gasteiger partial charge in [-0.2, -0.15) is 11.8 Å². The minimum Gasteiger partial charge on any atom is -0.393 e. The first-order valence-electron chi connectivity index (χ1n) is 6.34. The highest BCUT2D eigenvalue weighted by Crippen LogP contribution is 2.09. The van der Waals surface area contributed by atoms with Crippen LogP contribution in [-0.4, -0.2) is 59.7 Å². The molecule has 2 N–H and O–H groups in total. The number of aliphatic hydroxyl groups excluding tert-OH is 1. The zero-order chi connectivity index (χ0) is 12.7. The molecule has 1 rings (SSSR count). The van der Waals surface area contributed by atoms with Crippen molar-refractivity contribution in [2.75, 3.05) is 32.4 Å². The molecule has 5 heteroatoms. The third kappa shape index (κ3) is 5.75. The number of nitrogens with zero attached hydrogens (tertiary/aromatic N) is 1. The molecular weight excluding hydrogens is 236 g/mol. The van der Waals surface area contributed by atoms with Crippen molar-refractivity contribution in [3.8, 4) is 0 Å². The van der Waals surface area contributed by atoms with Gasteiger partial charge in [-0.05, 0) is 39.0 Å². The van der Waals surface area contributed by atoms with Crippen LogP contribution in [0.2, 0.25) is 0 Å². The van der Waals surface area contributed by atoms with Gasteiger partial charge in [-0.25, -0.2) is 0 Å². The van der Waals surface area contributed by atoms with Crippen LogP contribution < -0.4 is 5.32 Å². The maximum absolute atomic E-state index is 11.5. The van der Waals surface area contributed by atoms with Crippen LogP contribution in [0.25, 0.3) is 0 Å². The molecule has 1 fully saturated rings. The molecule has 0 aromatic carbocycles. The predicted octanol–water partition coefficient (Wildman–Crippen LogP) is 0.701. The number of carbonyl (C=O) groups is 1. The molecular formula is C12H24N2O2S. The first-order valence-corrected chi connectivity index (χ1v) is 7.63. The first kappa shape index (κ1) is 14.8. The summed E-state index contributed by atoms with van der Waals surface area (Å²) >= 11 is 1.57. The number of likely N-dealkylation sites (tertiary alicyclic amines) is 1. The van der Waals surface area contributed by atoms with Gasteiger partial charge < -0.3 is 15.3 Å². The molecule has 0 spiro atoms. The van der Waals surface area contributed by atoms with Crippen LogP contribution in [0, 0.1) is 0 Å². The van der Waals surface area contributed by atoms with Gasteiger partial charge >= 0.3 is 0 Å². The van der Waals surface area contributed by atoms with Crippen LogP contribution in [0.1, 0.15) is 26.2 Å². The number of carbonyl (C=O) groups excluding carboxylic acids is 1. The number of amides is 1. The minimum atomic E-state index is -0.103. The van der Waals surface area contributed by atoms with Crippen molar-refractivity contribution in [3.63, 3.8) is 0 Å². The van der Waals surface area contributed by atoms with Crippen molar-refractivity contribution >= 4 is 17.7 Å². The molecule has 0 saturated carbocycles. The number of aliphatic hydroxyl groups is 1. The number of nitrogens with one attached hydrogen (secondary N) is 1. The summed E-state index contributed by atoms with van der Waals surface area (Å²) in [5.74, 6) is 0.131. The summed E-state index contributed by atoms with van der Waals surface area (Å²) in [6.07, 6.45) is 4.60. The van der Waals surface area contributed by atoms with E-state index in [0.717, 1.165) is 45.4 Å². The summed E-state index contributed by atoms with van der Waals surface area (Å²) in [4.78, 5) is 13.8. The monoisotopic (exact) mass is 260 g/mol. The molecule has 100 valence electrons. The molecule has 17 heavy (non-hydrogen) atoms. The third-order valence-corrected chi connectivity index (χ3v) is 4.15. The van der Waals surface area contributed by atoms with Gasteiger partial charge in [0.1, 0.15) is 0 Å². The molecule has 0 aromatic heterocycles. The highest BCUT2D eigenvalue weighted by molar-refractivity contribution is 7.99. The molecule has 4 nitrogen and oxygen atoms in total. The van der Waals surface area contributed by atoms with Crippen LogP contribution in [0.3, 0.4) is 0 Å². The topological polar surface area (TPSA) is 52.6 Å². The Morgan fingerprint density at radius 3 is 2.76 bits per heavy atom. The van der Waals surface area contributed by atoms with Crippen molar-refractivity contribution in [2.24, 2.45) is 0 Å². The molecule has 1 atom stereocenters. The second kappa shape index (κ2) is 7.95. The molecule has 1 aliphatic rings. The Morgan fingerprint density at radius 1 is 1.53 bits per heavy atom. The van der Waals surface area contributed by atoms with E-state index in [9.17, 15) is 9.90 Å². The van der Waals surface area contributed by atoms with Crippen molar-refractivity contribution in [1.29, 1.82) is 0 Å². The molecule has 0 aliphatic carbocycles. The number of rotatable bonds is 6. The molecule has 1 aliphatic heterocycles. The molecule has 1 heterocycles. The molecule has 0 aromatic rings. The second-order valence-electron chi connectivity index (χ2n) is 4.60. The lowest BCUT2D eigenvalue weighted by Crippen LogP contribution is -2.38. The van der Waals surface area contributed by atoms with Crippen LogP contribution >= 0.6 is 11.8 Å². The Bertz CT molecular complexity index is 231. The van der Waals surface area contributed by atoms with Gasteiger partial charge in [0.25, 0.3) is 0 Å². The molecule has 1 amide bonds. The Hall–Kier alpha value is -0.260. The first-order chi connectivity index (χ1) is 8.13. The van der Waals surface area contributed by atoms with Gasteiger partial charge in [-0.3, -0.25) is 4.79 Å². The van der Waals surface area contributed by atoms with E-state index in [2.05, 4.69) is 10.2 Å². The Morgan fingerprint density at radius 2 is 2.18 bits per heavy atom. The van der Waals surface area contributed by atoms with Crippen LogP contribution in [0.5, 0.6) is 0 Å². The van der Waals surface area contributed by atoms with E-state index >= 15 is 0 Å². The molecule has 0 bridgehead atoms. The van der Waals surface area contributed by atoms with E-state index in [1.807, 2.05) is 13.2 Å². The van der Waals surface area contributed by atoms with E-state index in [-0.39, 0.29) is 17.3 Å². The van der Waals surface area contributed by atoms with Crippen molar-refractivity contribution in [3.05, 3.63) is 0 Å². The van der Waals surface area contributed by atoms with Crippen molar-refractivity contribution in [2.45, 2.75) is 37.5 Å². The van der Waals surface area contributed by atoms with Gasteiger partial charge in [0.15, 0.2) is 0 Å². The molecule has 0 radical (unpaired) electrons. The van der Waals surface area contributed by atoms with E-state index in [0.29, 0.717) is 0 Å². The standard InChI is InChI=1S/C12H24N2O2S/c1-10(17-2)12(16)13-6-3-7-14-8-4-11(15)5-9-14/h10-11,15H,3-9H2,1-2H3,(H,13,16). The summed E-state index contributed by atoms with van der Waals surface area (Å²) in [5, 5.41) is 12.4. The second-order valence-corrected chi connectivity index (χ2v) is 5.77. The van der Waals surface area contributed by atoms with Crippen LogP contribution in [0.4, 0.5) is 0 Å². The maximum atomic E-state index is 11.5. The average Bonchev–Trinajstić information content (AvgIpc) is 2.35. The average molecular weight is 260 g/mol. The Kier molecular flexibility index (Phi) is 6.92. The summed E-state index contributed by atoms with van der Waals surface area (Å²) < 4.78 is 0. The van der Waals surface area contributed by atoms with Crippen molar-refractivity contribution < 1.29 is 9.90 Å². The summed E-state index contributed by atoms with van der Waals surface area (Å²) in [7, 11) is 0. The Labute approximate surface area is 108 Å². The number of thioether (sulfide) groups is 1. The van der Waals surface area contributed by atoms with Gasteiger partial charge in [0, 0.05) is 19.6 Å². The summed E-state index contributed by atoms with van der Waals surface area (Å²) in [5.41, 5.74) is 0. The van der Waals surface area contributed by atoms with E-state index in [4.69, 9.17) is 0 Å². The number of piperidine rings is 1. The highest BCUT2D eigenvalue weighted by Gasteiger charge is 2.16. The van der Waals surface area contributed by atoms with E-state index < -0.39 is 0 Å². The molecule has 1 unspecified atom stereocenters. The zero-order valence-electron chi connectivity index (χ0n) is 10.8. The quantitative estimate of drug-likeness (QED) is 0.690. The fourth-order valence-electron chi connectivity index (χ4n) is 1.91. The SMILES string of the molecule is CSC(C)C(=O)NCCCN1CCC(O)CC1. The highest BCUT2D eigenvalue weighted by atomic mass is 32.2. The Balaban J connectivity index is 2.02. The number of hydrogen-bond donors (Lipinski definition) is 2. The smallest absolute Gasteiger partial charge is 0.232 e. The van der Waals surface area contributed by atoms with E-state index in [1.165, 1.54) is 0 Å². The van der Waals surface area contributed by atoms with Gasteiger partial charge in [0.2, 0.25) is 5.91 Å². The minimum absolute atomic E-state index is 0.0418. The lowest BCUT2D eigenvalue weighted by atomic mass is 10.1. The largest absolute Gasteiger partial charge is 0.393 e.